The first-order valence-electron chi connectivity index (χ1n) is 43.1. The molecule has 0 spiro atoms. The van der Waals surface area contributed by atoms with Crippen LogP contribution < -0.4 is 25.8 Å². The number of morpholine rings is 4. The average Bonchev–Trinajstić information content (AvgIpc) is 0.807. The number of carbonyl (C=O) groups is 7. The molecule has 4 aliphatic heterocycles. The Labute approximate surface area is 827 Å². The third kappa shape index (κ3) is 48.1. The average molecular weight is 2100 g/mol. The Kier molecular flexibility index (Phi) is 65.2. The number of rotatable bonds is 28. The van der Waals surface area contributed by atoms with E-state index in [1.165, 1.54) is 42.7 Å². The maximum Gasteiger partial charge on any atom is 0.255 e. The van der Waals surface area contributed by atoms with Crippen molar-refractivity contribution >= 4 is 119 Å². The highest BCUT2D eigenvalue weighted by molar-refractivity contribution is 9.11. The van der Waals surface area contributed by atoms with Gasteiger partial charge in [0.1, 0.15) is 46.1 Å². The smallest absolute Gasteiger partial charge is 0.255 e. The largest absolute Gasteiger partial charge is 0.507 e. The summed E-state index contributed by atoms with van der Waals surface area (Å²) in [6.07, 6.45) is 1.34. The van der Waals surface area contributed by atoms with E-state index in [2.05, 4.69) is 66.4 Å². The zero-order valence-corrected chi connectivity index (χ0v) is 83.1. The van der Waals surface area contributed by atoms with Crippen LogP contribution in [0.4, 0.5) is 0 Å². The summed E-state index contributed by atoms with van der Waals surface area (Å²) in [6.45, 7) is 16.7. The van der Waals surface area contributed by atoms with E-state index in [9.17, 15) is 59.1 Å². The molecule has 0 radical (unpaired) electrons. The summed E-state index contributed by atoms with van der Waals surface area (Å²) in [4.78, 5) is 84.4. The number of aliphatic hydroxyl groups excluding tert-OH is 10. The fourth-order valence-electron chi connectivity index (χ4n) is 11.9. The van der Waals surface area contributed by atoms with Crippen molar-refractivity contribution in [3.8, 4) is 23.0 Å². The van der Waals surface area contributed by atoms with Gasteiger partial charge in [0, 0.05) is 51.4 Å². The number of nitrogens with one attached hydrogen (secondary N) is 2. The third-order valence-corrected chi connectivity index (χ3v) is 22.4. The minimum absolute atomic E-state index is 0.0360. The van der Waals surface area contributed by atoms with Gasteiger partial charge in [-0.3, -0.25) is 38.5 Å². The second-order valence-corrected chi connectivity index (χ2v) is 34.0. The number of ether oxygens (including phenoxy) is 6. The van der Waals surface area contributed by atoms with Crippen LogP contribution in [0.15, 0.2) is 215 Å². The number of hydrogen-bond donors (Lipinski definition) is 15. The minimum atomic E-state index is -0.686. The van der Waals surface area contributed by atoms with Crippen LogP contribution >= 0.6 is 78.3 Å². The fraction of sp³-hybridized carbons (Fsp3) is 0.433. The molecular formula is C97H131Br2Cl4N7O25. The number of carbonyl (C=O) groups excluding carboxylic acids is 7. The Hall–Kier alpha value is -8.55. The third-order valence-electron chi connectivity index (χ3n) is 19.7. The van der Waals surface area contributed by atoms with Gasteiger partial charge in [-0.05, 0) is 155 Å². The van der Waals surface area contributed by atoms with Crippen LogP contribution in [0, 0.1) is 0 Å². The molecule has 8 aromatic rings. The van der Waals surface area contributed by atoms with Gasteiger partial charge in [-0.2, -0.15) is 0 Å². The number of aldehydes is 2. The standard InChI is InChI=1S/C14H18BrNO4.C13H18ClNO3.C13H17NO3.C13H19NO2.C10H15NO2.C8H6BrClO2.C7H6O3.C7H6O.C6H13NO2.C3H4Cl2O.C3H9NO2/c1-9-6-16(10(7-17)8-20-9)14(18)11-4-3-5-12(19-2)13(11)15;1-10(14)13(18)15(12(8-16)9-17)7-11-5-3-2-4-6-11;1-10-13(16)14(12(8-15)9-17-10)7-11-5-3-2-4-6-11;1-11-7-14(13(9-15)10-16-11)8-12-5-3-2-4-6-12;12-7-10(8-13)11-6-9-4-2-1-3-5-9;1-12-6-4-2-3-5(7(6)9)8(10)11;8-4-5-6(9)2-1-3-7(5)10;8-6-7-4-2-1-3-5-7;1-5-2-7-6(3-8)4-9-5;1-2(4)3(5)6;4-3(1-5)2-6/h3-5,9-10,17H,6-8H2,1-2H3;2-6,10,12,16-17H,7-9H2,1H3;2-6,10,12,15H,7-9H2,1H3;2-6,11,13,15H,7-10H2,1H3;1-5,10-13H,6-8H2;2-4H,1H3;1-4,9-10H;1-6H;5-8H,2-4H2,1H3;2H,1H3;3,5-6H,1-2,4H2. The van der Waals surface area contributed by atoms with Crippen molar-refractivity contribution in [2.75, 3.05) is 126 Å². The molecule has 38 heteroatoms. The normalized spacial score (nSPS) is 17.9. The number of aromatic hydroxyl groups is 2. The molecule has 4 aliphatic rings. The number of phenols is 2. The molecule has 135 heavy (non-hydrogen) atoms. The van der Waals surface area contributed by atoms with Gasteiger partial charge < -0.3 is 121 Å². The molecule has 4 fully saturated rings. The van der Waals surface area contributed by atoms with Crippen LogP contribution in [0.5, 0.6) is 23.0 Å². The topological polar surface area (TPSA) is 481 Å². The Morgan fingerprint density at radius 2 is 0.963 bits per heavy atom. The maximum atomic E-state index is 12.7. The number of amides is 3. The molecule has 3 amide bonds. The second-order valence-electron chi connectivity index (χ2n) is 30.4. The molecule has 8 aromatic carbocycles. The predicted molar refractivity (Wildman–Crippen MR) is 526 cm³/mol. The van der Waals surface area contributed by atoms with Gasteiger partial charge in [0.15, 0.2) is 6.29 Å². The molecule has 4 saturated heterocycles. The number of hydrogen-bond acceptors (Lipinski definition) is 29. The highest BCUT2D eigenvalue weighted by Gasteiger charge is 2.35. The van der Waals surface area contributed by atoms with Gasteiger partial charge in [0.05, 0.1) is 193 Å². The van der Waals surface area contributed by atoms with Crippen molar-refractivity contribution in [1.29, 1.82) is 0 Å². The van der Waals surface area contributed by atoms with E-state index in [-0.39, 0.29) is 143 Å². The van der Waals surface area contributed by atoms with Crippen LogP contribution in [0.2, 0.25) is 0 Å². The summed E-state index contributed by atoms with van der Waals surface area (Å²) in [7, 11) is 3.09. The van der Waals surface area contributed by atoms with E-state index in [0.29, 0.717) is 96.6 Å². The van der Waals surface area contributed by atoms with Crippen LogP contribution in [0.25, 0.3) is 0 Å². The number of alkyl halides is 2. The van der Waals surface area contributed by atoms with Crippen molar-refractivity contribution in [2.45, 2.75) is 145 Å². The SMILES string of the molecule is CC(Cl)C(=O)Cl.CC(Cl)C(=O)N(Cc1ccccc1)C(CO)CO.CC1CN(Cc2ccccc2)C(CO)CO1.CC1CNC(CO)CO1.CC1OCC(CO)N(Cc2ccccc2)C1=O.COc1cccc(C(=O)Cl)c1Br.COc1cccc(C(=O)N2CC(C)OCC2CO)c1Br.NC(CO)CO.O=Cc1c(O)cccc1O.O=Cc1ccccc1.OCC(CO)NCc1ccccc1. The van der Waals surface area contributed by atoms with E-state index in [1.54, 1.807) is 79.3 Å². The molecule has 0 aliphatic carbocycles. The number of phenolic OH excluding ortho intramolecular Hbond substituents is 2. The first-order valence-corrected chi connectivity index (χ1v) is 46.3. The number of nitrogens with zero attached hydrogens (tertiary/aromatic N) is 4. The van der Waals surface area contributed by atoms with E-state index in [1.807, 2.05) is 141 Å². The lowest BCUT2D eigenvalue weighted by Gasteiger charge is -2.38. The summed E-state index contributed by atoms with van der Waals surface area (Å²) in [6, 6.07) is 61.4. The van der Waals surface area contributed by atoms with Gasteiger partial charge in [-0.25, -0.2) is 0 Å². The second kappa shape index (κ2) is 71.8. The fourth-order valence-corrected chi connectivity index (χ4v) is 13.5. The summed E-state index contributed by atoms with van der Waals surface area (Å²) in [5.41, 5.74) is 11.0. The van der Waals surface area contributed by atoms with Crippen molar-refractivity contribution in [3.63, 3.8) is 0 Å². The lowest BCUT2D eigenvalue weighted by Crippen LogP contribution is -2.53. The molecule has 746 valence electrons. The summed E-state index contributed by atoms with van der Waals surface area (Å²) >= 11 is 27.7. The van der Waals surface area contributed by atoms with Crippen molar-refractivity contribution in [1.82, 2.24) is 30.2 Å². The van der Waals surface area contributed by atoms with Gasteiger partial charge in [0.2, 0.25) is 11.1 Å². The summed E-state index contributed by atoms with van der Waals surface area (Å²) in [5, 5.41) is 110. The Bertz CT molecular complexity index is 4530. The van der Waals surface area contributed by atoms with Crippen LogP contribution in [-0.4, -0.2) is 325 Å². The highest BCUT2D eigenvalue weighted by Crippen LogP contribution is 2.32. The Morgan fingerprint density at radius 1 is 0.526 bits per heavy atom. The van der Waals surface area contributed by atoms with Crippen molar-refractivity contribution in [2.24, 2.45) is 5.73 Å². The molecule has 0 aromatic heterocycles. The van der Waals surface area contributed by atoms with E-state index >= 15 is 0 Å². The zero-order chi connectivity index (χ0) is 101. The van der Waals surface area contributed by atoms with Gasteiger partial charge in [-0.15, -0.1) is 23.2 Å². The molecule has 0 bridgehead atoms. The summed E-state index contributed by atoms with van der Waals surface area (Å²) in [5.74, 6) is 0.321. The molecule has 4 heterocycles. The van der Waals surface area contributed by atoms with Gasteiger partial charge >= 0.3 is 0 Å². The number of benzene rings is 8. The van der Waals surface area contributed by atoms with Crippen molar-refractivity contribution < 1.29 is 123 Å². The Balaban J connectivity index is 0.000000511. The quantitative estimate of drug-likeness (QED) is 0.0123. The minimum Gasteiger partial charge on any atom is -0.507 e. The van der Waals surface area contributed by atoms with Crippen LogP contribution in [0.1, 0.15) is 105 Å². The maximum absolute atomic E-state index is 12.7. The first-order chi connectivity index (χ1) is 64.7. The Morgan fingerprint density at radius 3 is 1.36 bits per heavy atom. The zero-order valence-electron chi connectivity index (χ0n) is 76.9. The lowest BCUT2D eigenvalue weighted by molar-refractivity contribution is -0.160. The number of aliphatic hydroxyl groups is 10. The molecule has 10 atom stereocenters. The highest BCUT2D eigenvalue weighted by atomic mass is 79.9. The predicted octanol–water partition coefficient (Wildman–Crippen LogP) is 9.15. The van der Waals surface area contributed by atoms with E-state index in [0.717, 1.165) is 48.2 Å². The van der Waals surface area contributed by atoms with Crippen LogP contribution in [0.3, 0.4) is 0 Å². The summed E-state index contributed by atoms with van der Waals surface area (Å²) < 4.78 is 33.0. The monoisotopic (exact) mass is 2090 g/mol. The van der Waals surface area contributed by atoms with E-state index in [4.69, 9.17) is 116 Å². The van der Waals surface area contributed by atoms with Crippen molar-refractivity contribution in [3.05, 3.63) is 260 Å². The lowest BCUT2D eigenvalue weighted by atomic mass is 10.1. The molecule has 32 nitrogen and oxygen atoms in total. The first kappa shape index (κ1) is 123. The number of halogens is 6. The van der Waals surface area contributed by atoms with Gasteiger partial charge in [0.25, 0.3) is 17.1 Å². The molecular weight excluding hydrogens is 1960 g/mol. The molecule has 10 unspecified atom stereocenters. The van der Waals surface area contributed by atoms with Crippen LogP contribution in [-0.2, 0) is 59.5 Å². The van der Waals surface area contributed by atoms with Gasteiger partial charge in [-0.1, -0.05) is 170 Å². The van der Waals surface area contributed by atoms with E-state index < -0.39 is 39.4 Å². The molecule has 0 saturated carbocycles. The molecule has 16 N–H and O–H groups in total. The number of methoxy groups -OCH3 is 2. The number of nitrogens with two attached hydrogens (primary N) is 1. The molecule has 12 rings (SSSR count).